The SMILES string of the molecule is COCC(=O)N(C)C[C@H]1Oc2ncc(Br)cc2C(=O)N([C@H](C)CO)C[C@H]1C. The Hall–Kier alpha value is -1.71. The molecule has 2 heterocycles. The normalized spacial score (nSPS) is 21.0. The van der Waals surface area contributed by atoms with Crippen LogP contribution in [0.5, 0.6) is 5.88 Å². The minimum atomic E-state index is -0.371. The van der Waals surface area contributed by atoms with Crippen molar-refractivity contribution >= 4 is 27.7 Å². The number of nitrogens with zero attached hydrogens (tertiary/aromatic N) is 3. The topological polar surface area (TPSA) is 92.2 Å². The van der Waals surface area contributed by atoms with Gasteiger partial charge in [0.25, 0.3) is 5.91 Å². The maximum atomic E-state index is 13.0. The number of aromatic nitrogens is 1. The lowest BCUT2D eigenvalue weighted by Gasteiger charge is -2.37. The number of fused-ring (bicyclic) bond motifs is 1. The van der Waals surface area contributed by atoms with Crippen LogP contribution < -0.4 is 4.74 Å². The number of likely N-dealkylation sites (N-methyl/N-ethyl adjacent to an activating group) is 1. The molecule has 1 aromatic heterocycles. The zero-order valence-electron chi connectivity index (χ0n) is 16.0. The third-order valence-electron chi connectivity index (χ3n) is 4.64. The largest absolute Gasteiger partial charge is 0.472 e. The molecule has 0 aliphatic carbocycles. The lowest BCUT2D eigenvalue weighted by atomic mass is 10.00. The van der Waals surface area contributed by atoms with E-state index in [0.717, 1.165) is 0 Å². The number of methoxy groups -OCH3 is 1. The standard InChI is InChI=1S/C18H26BrN3O5/c1-11-7-22(12(2)9-23)18(25)14-5-13(19)6-20-17(14)27-15(11)8-21(3)16(24)10-26-4/h5-6,11-12,15,23H,7-10H2,1-4H3/t11-,12-,15-/m1/s1. The van der Waals surface area contributed by atoms with E-state index in [1.54, 1.807) is 36.0 Å². The molecule has 0 saturated heterocycles. The molecule has 0 fully saturated rings. The van der Waals surface area contributed by atoms with Gasteiger partial charge in [0, 0.05) is 37.3 Å². The number of hydrogen-bond acceptors (Lipinski definition) is 6. The summed E-state index contributed by atoms with van der Waals surface area (Å²) in [6.07, 6.45) is 1.19. The highest BCUT2D eigenvalue weighted by Crippen LogP contribution is 2.28. The van der Waals surface area contributed by atoms with Gasteiger partial charge in [-0.3, -0.25) is 9.59 Å². The van der Waals surface area contributed by atoms with Gasteiger partial charge in [0.2, 0.25) is 11.8 Å². The van der Waals surface area contributed by atoms with E-state index in [2.05, 4.69) is 20.9 Å². The van der Waals surface area contributed by atoms with Gasteiger partial charge in [-0.05, 0) is 28.9 Å². The van der Waals surface area contributed by atoms with Crippen molar-refractivity contribution in [3.63, 3.8) is 0 Å². The Kier molecular flexibility index (Phi) is 7.58. The number of ether oxygens (including phenoxy) is 2. The summed E-state index contributed by atoms with van der Waals surface area (Å²) in [4.78, 5) is 32.5. The third kappa shape index (κ3) is 5.18. The highest BCUT2D eigenvalue weighted by Gasteiger charge is 2.34. The van der Waals surface area contributed by atoms with Gasteiger partial charge in [-0.2, -0.15) is 0 Å². The fourth-order valence-electron chi connectivity index (χ4n) is 2.90. The molecule has 1 aliphatic rings. The van der Waals surface area contributed by atoms with Gasteiger partial charge in [0.05, 0.1) is 19.2 Å². The van der Waals surface area contributed by atoms with Gasteiger partial charge >= 0.3 is 0 Å². The van der Waals surface area contributed by atoms with Crippen molar-refractivity contribution in [3.05, 3.63) is 22.3 Å². The van der Waals surface area contributed by atoms with E-state index >= 15 is 0 Å². The minimum Gasteiger partial charge on any atom is -0.472 e. The van der Waals surface area contributed by atoms with E-state index in [0.29, 0.717) is 23.1 Å². The lowest BCUT2D eigenvalue weighted by molar-refractivity contribution is -0.135. The molecule has 9 heteroatoms. The first-order valence-electron chi connectivity index (χ1n) is 8.75. The molecule has 27 heavy (non-hydrogen) atoms. The molecule has 0 aromatic carbocycles. The highest BCUT2D eigenvalue weighted by atomic mass is 79.9. The summed E-state index contributed by atoms with van der Waals surface area (Å²) in [5, 5.41) is 9.58. The summed E-state index contributed by atoms with van der Waals surface area (Å²) in [6, 6.07) is 1.31. The number of amides is 2. The fraction of sp³-hybridized carbons (Fsp3) is 0.611. The van der Waals surface area contributed by atoms with Crippen LogP contribution in [0.4, 0.5) is 0 Å². The molecule has 0 saturated carbocycles. The summed E-state index contributed by atoms with van der Waals surface area (Å²) in [6.45, 7) is 4.31. The second-order valence-corrected chi connectivity index (χ2v) is 7.75. The summed E-state index contributed by atoms with van der Waals surface area (Å²) in [5.41, 5.74) is 0.326. The van der Waals surface area contributed by atoms with Gasteiger partial charge in [0.1, 0.15) is 18.3 Å². The quantitative estimate of drug-likeness (QED) is 0.709. The number of halogens is 1. The average molecular weight is 444 g/mol. The molecule has 0 radical (unpaired) electrons. The molecule has 2 rings (SSSR count). The first kappa shape index (κ1) is 21.6. The zero-order valence-corrected chi connectivity index (χ0v) is 17.6. The monoisotopic (exact) mass is 443 g/mol. The van der Waals surface area contributed by atoms with E-state index in [9.17, 15) is 14.7 Å². The van der Waals surface area contributed by atoms with E-state index in [1.807, 2.05) is 6.92 Å². The summed E-state index contributed by atoms with van der Waals surface area (Å²) >= 11 is 3.34. The van der Waals surface area contributed by atoms with Crippen LogP contribution in [0.3, 0.4) is 0 Å². The molecule has 0 bridgehead atoms. The van der Waals surface area contributed by atoms with Crippen molar-refractivity contribution < 1.29 is 24.2 Å². The molecule has 0 spiro atoms. The van der Waals surface area contributed by atoms with Gasteiger partial charge in [-0.15, -0.1) is 0 Å². The maximum absolute atomic E-state index is 13.0. The Labute approximate surface area is 167 Å². The van der Waals surface area contributed by atoms with Gasteiger partial charge < -0.3 is 24.4 Å². The van der Waals surface area contributed by atoms with Gasteiger partial charge in [-0.1, -0.05) is 6.92 Å². The van der Waals surface area contributed by atoms with E-state index < -0.39 is 0 Å². The third-order valence-corrected chi connectivity index (χ3v) is 5.07. The van der Waals surface area contributed by atoms with Crippen LogP contribution in [-0.2, 0) is 9.53 Å². The van der Waals surface area contributed by atoms with Crippen molar-refractivity contribution in [1.29, 1.82) is 0 Å². The molecule has 3 atom stereocenters. The second-order valence-electron chi connectivity index (χ2n) is 6.84. The van der Waals surface area contributed by atoms with Crippen molar-refractivity contribution in [2.75, 3.05) is 40.5 Å². The van der Waals surface area contributed by atoms with E-state index in [1.165, 1.54) is 7.11 Å². The Balaban J connectivity index is 2.36. The van der Waals surface area contributed by atoms with E-state index in [-0.39, 0.29) is 49.0 Å². The minimum absolute atomic E-state index is 0.00839. The van der Waals surface area contributed by atoms with E-state index in [4.69, 9.17) is 9.47 Å². The first-order chi connectivity index (χ1) is 12.8. The Bertz CT molecular complexity index is 687. The van der Waals surface area contributed by atoms with Crippen molar-refractivity contribution in [2.24, 2.45) is 5.92 Å². The van der Waals surface area contributed by atoms with Gasteiger partial charge in [0.15, 0.2) is 0 Å². The molecular formula is C18H26BrN3O5. The predicted octanol–water partition coefficient (Wildman–Crippen LogP) is 1.17. The molecule has 150 valence electrons. The molecule has 1 aromatic rings. The molecule has 2 amide bonds. The zero-order chi connectivity index (χ0) is 20.1. The van der Waals surface area contributed by atoms with Crippen LogP contribution in [0.25, 0.3) is 0 Å². The molecular weight excluding hydrogens is 418 g/mol. The fourth-order valence-corrected chi connectivity index (χ4v) is 3.23. The Morgan fingerprint density at radius 1 is 1.59 bits per heavy atom. The average Bonchev–Trinajstić information content (AvgIpc) is 2.64. The van der Waals surface area contributed by atoms with Crippen LogP contribution in [0.2, 0.25) is 0 Å². The van der Waals surface area contributed by atoms with Crippen LogP contribution >= 0.6 is 15.9 Å². The summed E-state index contributed by atoms with van der Waals surface area (Å²) < 4.78 is 11.6. The Morgan fingerprint density at radius 2 is 2.30 bits per heavy atom. The number of aliphatic hydroxyl groups is 1. The second kappa shape index (κ2) is 9.48. The number of aliphatic hydroxyl groups excluding tert-OH is 1. The first-order valence-corrected chi connectivity index (χ1v) is 9.54. The smallest absolute Gasteiger partial charge is 0.259 e. The number of pyridine rings is 1. The molecule has 1 N–H and O–H groups in total. The molecule has 0 unspecified atom stereocenters. The lowest BCUT2D eigenvalue weighted by Crippen LogP contribution is -2.50. The van der Waals surface area contributed by atoms with Crippen LogP contribution in [0.1, 0.15) is 24.2 Å². The molecule has 8 nitrogen and oxygen atoms in total. The van der Waals surface area contributed by atoms with Crippen LogP contribution in [0.15, 0.2) is 16.7 Å². The van der Waals surface area contributed by atoms with Crippen LogP contribution in [-0.4, -0.2) is 84.3 Å². The number of hydrogen-bond donors (Lipinski definition) is 1. The number of rotatable bonds is 6. The Morgan fingerprint density at radius 3 is 2.93 bits per heavy atom. The van der Waals surface area contributed by atoms with Crippen molar-refractivity contribution in [1.82, 2.24) is 14.8 Å². The number of carbonyl (C=O) groups excluding carboxylic acids is 2. The number of carbonyl (C=O) groups is 2. The van der Waals surface area contributed by atoms with Gasteiger partial charge in [-0.25, -0.2) is 4.98 Å². The maximum Gasteiger partial charge on any atom is 0.259 e. The van der Waals surface area contributed by atoms with Crippen molar-refractivity contribution in [3.8, 4) is 5.88 Å². The van der Waals surface area contributed by atoms with Crippen molar-refractivity contribution in [2.45, 2.75) is 26.0 Å². The predicted molar refractivity (Wildman–Crippen MR) is 103 cm³/mol. The van der Waals surface area contributed by atoms with Crippen LogP contribution in [0, 0.1) is 5.92 Å². The molecule has 1 aliphatic heterocycles. The highest BCUT2D eigenvalue weighted by molar-refractivity contribution is 9.10. The summed E-state index contributed by atoms with van der Waals surface area (Å²) in [7, 11) is 3.16. The summed E-state index contributed by atoms with van der Waals surface area (Å²) in [5.74, 6) is -0.257.